The third kappa shape index (κ3) is 4.63. The number of fused-ring (bicyclic) bond motifs is 1. The predicted octanol–water partition coefficient (Wildman–Crippen LogP) is 4.32. The lowest BCUT2D eigenvalue weighted by Crippen LogP contribution is -2.40. The van der Waals surface area contributed by atoms with Gasteiger partial charge in [-0.25, -0.2) is 12.8 Å². The van der Waals surface area contributed by atoms with E-state index in [2.05, 4.69) is 27.5 Å². The van der Waals surface area contributed by atoms with Crippen LogP contribution in [0.4, 0.5) is 4.39 Å². The third-order valence-corrected chi connectivity index (χ3v) is 8.86. The summed E-state index contributed by atoms with van der Waals surface area (Å²) in [6.07, 6.45) is 2.54. The van der Waals surface area contributed by atoms with Crippen molar-refractivity contribution in [3.63, 3.8) is 0 Å². The summed E-state index contributed by atoms with van der Waals surface area (Å²) < 4.78 is 44.0. The summed E-state index contributed by atoms with van der Waals surface area (Å²) in [6.45, 7) is 4.77. The molecule has 0 saturated carbocycles. The van der Waals surface area contributed by atoms with Crippen LogP contribution in [-0.2, 0) is 21.4 Å². The summed E-state index contributed by atoms with van der Waals surface area (Å²) in [5.74, 6) is -1.08. The van der Waals surface area contributed by atoms with Gasteiger partial charge in [0.1, 0.15) is 5.82 Å². The second-order valence-corrected chi connectivity index (χ2v) is 11.3. The van der Waals surface area contributed by atoms with Gasteiger partial charge in [0.25, 0.3) is 5.91 Å². The van der Waals surface area contributed by atoms with Crippen LogP contribution in [-0.4, -0.2) is 36.3 Å². The summed E-state index contributed by atoms with van der Waals surface area (Å²) in [5.41, 5.74) is 0.977. The average molecular weight is 538 g/mol. The number of hydrogen-bond acceptors (Lipinski definition) is 4. The number of rotatable bonds is 5. The zero-order chi connectivity index (χ0) is 22.9. The standard InChI is InChI=1S/C22H21BrFN3O3S2/c1-2-11-27-19-8-3-16(23)14-20(19)31-22(27)25-21(28)15-9-12-26(13-10-15)32(29,30)18-6-4-17(24)5-7-18/h2-8,14-15H,1,9-13H2. The Kier molecular flexibility index (Phi) is 6.75. The average Bonchev–Trinajstić information content (AvgIpc) is 3.10. The van der Waals surface area contributed by atoms with Crippen molar-refractivity contribution < 1.29 is 17.6 Å². The molecule has 0 spiro atoms. The molecular formula is C22H21BrFN3O3S2. The number of hydrogen-bond donors (Lipinski definition) is 0. The molecule has 0 bridgehead atoms. The number of amides is 1. The van der Waals surface area contributed by atoms with E-state index in [9.17, 15) is 17.6 Å². The monoisotopic (exact) mass is 537 g/mol. The molecule has 168 valence electrons. The predicted molar refractivity (Wildman–Crippen MR) is 126 cm³/mol. The Bertz CT molecular complexity index is 1340. The number of carbonyl (C=O) groups is 1. The third-order valence-electron chi connectivity index (χ3n) is 5.42. The first-order chi connectivity index (χ1) is 15.3. The number of benzene rings is 2. The topological polar surface area (TPSA) is 71.7 Å². The smallest absolute Gasteiger partial charge is 0.251 e. The van der Waals surface area contributed by atoms with Crippen LogP contribution in [0.5, 0.6) is 0 Å². The molecule has 10 heteroatoms. The lowest BCUT2D eigenvalue weighted by Gasteiger charge is -2.29. The van der Waals surface area contributed by atoms with E-state index in [-0.39, 0.29) is 29.8 Å². The van der Waals surface area contributed by atoms with E-state index in [1.807, 2.05) is 22.8 Å². The highest BCUT2D eigenvalue weighted by Crippen LogP contribution is 2.26. The molecule has 1 saturated heterocycles. The molecule has 2 heterocycles. The lowest BCUT2D eigenvalue weighted by molar-refractivity contribution is -0.122. The van der Waals surface area contributed by atoms with Crippen molar-refractivity contribution in [2.45, 2.75) is 24.3 Å². The minimum atomic E-state index is -3.72. The quantitative estimate of drug-likeness (QED) is 0.455. The fourth-order valence-electron chi connectivity index (χ4n) is 3.72. The van der Waals surface area contributed by atoms with Gasteiger partial charge in [-0.3, -0.25) is 4.79 Å². The zero-order valence-corrected chi connectivity index (χ0v) is 20.3. The van der Waals surface area contributed by atoms with Gasteiger partial charge in [-0.2, -0.15) is 9.30 Å². The normalized spacial score (nSPS) is 16.5. The van der Waals surface area contributed by atoms with Gasteiger partial charge in [0.2, 0.25) is 10.0 Å². The summed E-state index contributed by atoms with van der Waals surface area (Å²) in [7, 11) is -3.72. The highest BCUT2D eigenvalue weighted by Gasteiger charge is 2.32. The van der Waals surface area contributed by atoms with Crippen molar-refractivity contribution in [3.05, 3.63) is 70.2 Å². The van der Waals surface area contributed by atoms with Crippen LogP contribution in [0.1, 0.15) is 12.8 Å². The molecule has 6 nitrogen and oxygen atoms in total. The molecule has 0 radical (unpaired) electrons. The number of aromatic nitrogens is 1. The summed E-state index contributed by atoms with van der Waals surface area (Å²) >= 11 is 4.90. The molecule has 4 rings (SSSR count). The second kappa shape index (κ2) is 9.38. The molecule has 1 fully saturated rings. The Morgan fingerprint density at radius 3 is 2.56 bits per heavy atom. The molecule has 2 aromatic carbocycles. The fraction of sp³-hybridized carbons (Fsp3) is 0.273. The highest BCUT2D eigenvalue weighted by molar-refractivity contribution is 9.10. The van der Waals surface area contributed by atoms with Crippen LogP contribution in [0.15, 0.2) is 69.5 Å². The van der Waals surface area contributed by atoms with Crippen LogP contribution in [0, 0.1) is 11.7 Å². The maximum atomic E-state index is 13.1. The minimum Gasteiger partial charge on any atom is -0.313 e. The largest absolute Gasteiger partial charge is 0.313 e. The van der Waals surface area contributed by atoms with E-state index in [0.717, 1.165) is 26.8 Å². The second-order valence-electron chi connectivity index (χ2n) is 7.48. The first-order valence-electron chi connectivity index (χ1n) is 10.0. The number of nitrogens with zero attached hydrogens (tertiary/aromatic N) is 3. The maximum Gasteiger partial charge on any atom is 0.251 e. The van der Waals surface area contributed by atoms with Gasteiger partial charge in [-0.15, -0.1) is 6.58 Å². The van der Waals surface area contributed by atoms with Crippen LogP contribution in [0.2, 0.25) is 0 Å². The molecule has 0 N–H and O–H groups in total. The number of thiazole rings is 1. The van der Waals surface area contributed by atoms with Crippen LogP contribution in [0.25, 0.3) is 10.2 Å². The first kappa shape index (κ1) is 23.0. The molecule has 32 heavy (non-hydrogen) atoms. The molecular weight excluding hydrogens is 517 g/mol. The van der Waals surface area contributed by atoms with E-state index in [1.165, 1.54) is 27.8 Å². The van der Waals surface area contributed by atoms with Crippen molar-refractivity contribution >= 4 is 53.4 Å². The first-order valence-corrected chi connectivity index (χ1v) is 13.1. The van der Waals surface area contributed by atoms with E-state index in [4.69, 9.17) is 0 Å². The van der Waals surface area contributed by atoms with Gasteiger partial charge in [0.15, 0.2) is 4.80 Å². The SMILES string of the molecule is C=CCn1c(=NC(=O)C2CCN(S(=O)(=O)c3ccc(F)cc3)CC2)sc2cc(Br)ccc21. The Labute approximate surface area is 197 Å². The molecule has 0 atom stereocenters. The van der Waals surface area contributed by atoms with E-state index >= 15 is 0 Å². The number of allylic oxidation sites excluding steroid dienone is 1. The molecule has 3 aromatic rings. The molecule has 1 aliphatic heterocycles. The van der Waals surface area contributed by atoms with Gasteiger partial charge in [-0.05, 0) is 55.3 Å². The fourth-order valence-corrected chi connectivity index (χ4v) is 6.79. The lowest BCUT2D eigenvalue weighted by atomic mass is 9.98. The molecule has 1 aromatic heterocycles. The van der Waals surface area contributed by atoms with Gasteiger partial charge in [-0.1, -0.05) is 33.3 Å². The summed E-state index contributed by atoms with van der Waals surface area (Å²) in [5, 5.41) is 0. The van der Waals surface area contributed by atoms with E-state index in [1.54, 1.807) is 6.08 Å². The van der Waals surface area contributed by atoms with Crippen molar-refractivity contribution in [3.8, 4) is 0 Å². The Morgan fingerprint density at radius 2 is 1.91 bits per heavy atom. The van der Waals surface area contributed by atoms with Gasteiger partial charge in [0.05, 0.1) is 15.1 Å². The van der Waals surface area contributed by atoms with Crippen molar-refractivity contribution in [1.82, 2.24) is 8.87 Å². The van der Waals surface area contributed by atoms with Crippen molar-refractivity contribution in [2.24, 2.45) is 10.9 Å². The van der Waals surface area contributed by atoms with E-state index < -0.39 is 15.8 Å². The summed E-state index contributed by atoms with van der Waals surface area (Å²) in [4.78, 5) is 18.0. The minimum absolute atomic E-state index is 0.0512. The number of halogens is 2. The van der Waals surface area contributed by atoms with Crippen molar-refractivity contribution in [1.29, 1.82) is 0 Å². The number of carbonyl (C=O) groups excluding carboxylic acids is 1. The Morgan fingerprint density at radius 1 is 1.22 bits per heavy atom. The molecule has 1 amide bonds. The molecule has 1 aliphatic rings. The highest BCUT2D eigenvalue weighted by atomic mass is 79.9. The molecule has 0 unspecified atom stereocenters. The molecule has 0 aliphatic carbocycles. The van der Waals surface area contributed by atoms with Crippen LogP contribution < -0.4 is 4.80 Å². The van der Waals surface area contributed by atoms with Gasteiger partial charge < -0.3 is 4.57 Å². The number of piperidine rings is 1. The van der Waals surface area contributed by atoms with Crippen LogP contribution >= 0.6 is 27.3 Å². The van der Waals surface area contributed by atoms with Gasteiger partial charge in [0, 0.05) is 30.0 Å². The van der Waals surface area contributed by atoms with Gasteiger partial charge >= 0.3 is 0 Å². The summed E-state index contributed by atoms with van der Waals surface area (Å²) in [6, 6.07) is 10.7. The Hall–Kier alpha value is -2.14. The number of sulfonamides is 1. The maximum absolute atomic E-state index is 13.1. The van der Waals surface area contributed by atoms with Crippen molar-refractivity contribution in [2.75, 3.05) is 13.1 Å². The van der Waals surface area contributed by atoms with Crippen LogP contribution in [0.3, 0.4) is 0 Å². The van der Waals surface area contributed by atoms with E-state index in [0.29, 0.717) is 24.2 Å². The Balaban J connectivity index is 1.53. The zero-order valence-electron chi connectivity index (χ0n) is 17.1.